The number of aryl methyl sites for hydroxylation is 1. The Morgan fingerprint density at radius 3 is 2.88 bits per heavy atom. The van der Waals surface area contributed by atoms with Crippen LogP contribution in [0.4, 0.5) is 5.13 Å². The molecule has 17 heavy (non-hydrogen) atoms. The number of rotatable bonds is 1. The number of hydrogen-bond donors (Lipinski definition) is 1. The first-order valence-electron chi connectivity index (χ1n) is 5.85. The second kappa shape index (κ2) is 4.29. The van der Waals surface area contributed by atoms with E-state index in [1.165, 1.54) is 11.3 Å². The fourth-order valence-electron chi connectivity index (χ4n) is 2.04. The number of hydrogen-bond acceptors (Lipinski definition) is 5. The number of nitrogens with zero attached hydrogens (tertiary/aromatic N) is 1. The van der Waals surface area contributed by atoms with Gasteiger partial charge in [0.15, 0.2) is 5.13 Å². The predicted molar refractivity (Wildman–Crippen MR) is 68.1 cm³/mol. The van der Waals surface area contributed by atoms with Crippen molar-refractivity contribution in [3.05, 3.63) is 10.6 Å². The SMILES string of the molecule is CC(C)(C)OC(=O)C1CCCc2sc(N)nc21. The number of carbonyl (C=O) groups excluding carboxylic acids is 1. The molecule has 2 N–H and O–H groups in total. The van der Waals surface area contributed by atoms with Gasteiger partial charge in [0.2, 0.25) is 0 Å². The Labute approximate surface area is 105 Å². The molecule has 1 aliphatic rings. The highest BCUT2D eigenvalue weighted by Gasteiger charge is 2.33. The highest BCUT2D eigenvalue weighted by molar-refractivity contribution is 7.15. The van der Waals surface area contributed by atoms with Crippen molar-refractivity contribution in [1.29, 1.82) is 0 Å². The van der Waals surface area contributed by atoms with E-state index in [-0.39, 0.29) is 11.9 Å². The minimum atomic E-state index is -0.448. The number of thiazole rings is 1. The first-order valence-corrected chi connectivity index (χ1v) is 6.66. The zero-order valence-electron chi connectivity index (χ0n) is 10.4. The van der Waals surface area contributed by atoms with E-state index in [2.05, 4.69) is 4.98 Å². The lowest BCUT2D eigenvalue weighted by molar-refractivity contribution is -0.157. The van der Waals surface area contributed by atoms with Crippen molar-refractivity contribution in [2.24, 2.45) is 0 Å². The number of nitrogen functional groups attached to an aromatic ring is 1. The molecule has 0 saturated carbocycles. The molecule has 1 aromatic heterocycles. The Bertz CT molecular complexity index is 434. The zero-order chi connectivity index (χ0) is 12.6. The van der Waals surface area contributed by atoms with Gasteiger partial charge >= 0.3 is 5.97 Å². The smallest absolute Gasteiger partial charge is 0.315 e. The Hall–Kier alpha value is -1.10. The third kappa shape index (κ3) is 2.77. The van der Waals surface area contributed by atoms with E-state index < -0.39 is 5.60 Å². The summed E-state index contributed by atoms with van der Waals surface area (Å²) >= 11 is 1.49. The van der Waals surface area contributed by atoms with Crippen LogP contribution in [0.2, 0.25) is 0 Å². The Kier molecular flexibility index (Phi) is 3.12. The van der Waals surface area contributed by atoms with Gasteiger partial charge in [-0.25, -0.2) is 4.98 Å². The second-order valence-corrected chi connectivity index (χ2v) is 6.45. The van der Waals surface area contributed by atoms with Gasteiger partial charge < -0.3 is 10.5 Å². The van der Waals surface area contributed by atoms with Gasteiger partial charge in [0, 0.05) is 4.88 Å². The van der Waals surface area contributed by atoms with E-state index >= 15 is 0 Å². The molecule has 0 amide bonds. The van der Waals surface area contributed by atoms with Gasteiger partial charge in [0.1, 0.15) is 11.5 Å². The number of fused-ring (bicyclic) bond motifs is 1. The summed E-state index contributed by atoms with van der Waals surface area (Å²) < 4.78 is 5.43. The monoisotopic (exact) mass is 254 g/mol. The number of nitrogens with two attached hydrogens (primary N) is 1. The third-order valence-electron chi connectivity index (χ3n) is 2.66. The van der Waals surface area contributed by atoms with Crippen LogP contribution < -0.4 is 5.73 Å². The van der Waals surface area contributed by atoms with Gasteiger partial charge in [0.25, 0.3) is 0 Å². The fraction of sp³-hybridized carbons (Fsp3) is 0.667. The summed E-state index contributed by atoms with van der Waals surface area (Å²) in [5.74, 6) is -0.407. The van der Waals surface area contributed by atoms with E-state index in [1.807, 2.05) is 20.8 Å². The van der Waals surface area contributed by atoms with Crippen molar-refractivity contribution < 1.29 is 9.53 Å². The Morgan fingerprint density at radius 2 is 2.24 bits per heavy atom. The van der Waals surface area contributed by atoms with Gasteiger partial charge in [-0.2, -0.15) is 0 Å². The first kappa shape index (κ1) is 12.4. The first-order chi connectivity index (χ1) is 7.87. The molecule has 0 spiro atoms. The van der Waals surface area contributed by atoms with Crippen LogP contribution in [0.25, 0.3) is 0 Å². The van der Waals surface area contributed by atoms with Crippen molar-refractivity contribution in [2.45, 2.75) is 51.6 Å². The highest BCUT2D eigenvalue weighted by Crippen LogP contribution is 2.36. The number of aromatic nitrogens is 1. The summed E-state index contributed by atoms with van der Waals surface area (Å²) in [5.41, 5.74) is 6.10. The number of esters is 1. The van der Waals surface area contributed by atoms with Crippen LogP contribution >= 0.6 is 11.3 Å². The standard InChI is InChI=1S/C12H18N2O2S/c1-12(2,3)16-10(15)7-5-4-6-8-9(7)14-11(13)17-8/h7H,4-6H2,1-3H3,(H2,13,14). The highest BCUT2D eigenvalue weighted by atomic mass is 32.1. The van der Waals surface area contributed by atoms with E-state index in [9.17, 15) is 4.79 Å². The molecule has 5 heteroatoms. The molecule has 1 aromatic rings. The lowest BCUT2D eigenvalue weighted by Gasteiger charge is -2.25. The van der Waals surface area contributed by atoms with Gasteiger partial charge in [0.05, 0.1) is 5.69 Å². The van der Waals surface area contributed by atoms with Crippen molar-refractivity contribution >= 4 is 22.4 Å². The summed E-state index contributed by atoms with van der Waals surface area (Å²) in [6.07, 6.45) is 2.78. The normalized spacial score (nSPS) is 19.8. The van der Waals surface area contributed by atoms with E-state index in [4.69, 9.17) is 10.5 Å². The predicted octanol–water partition coefficient (Wildman–Crippen LogP) is 2.49. The molecule has 1 unspecified atom stereocenters. The minimum absolute atomic E-state index is 0.177. The number of carbonyl (C=O) groups is 1. The molecular formula is C12H18N2O2S. The lowest BCUT2D eigenvalue weighted by Crippen LogP contribution is -2.29. The Morgan fingerprint density at radius 1 is 1.53 bits per heavy atom. The maximum Gasteiger partial charge on any atom is 0.315 e. The summed E-state index contributed by atoms with van der Waals surface area (Å²) in [6, 6.07) is 0. The van der Waals surface area contributed by atoms with E-state index in [0.717, 1.165) is 29.8 Å². The van der Waals surface area contributed by atoms with Crippen LogP contribution in [0.3, 0.4) is 0 Å². The van der Waals surface area contributed by atoms with Gasteiger partial charge in [-0.15, -0.1) is 11.3 Å². The Balaban J connectivity index is 2.21. The van der Waals surface area contributed by atoms with E-state index in [1.54, 1.807) is 0 Å². The molecule has 0 bridgehead atoms. The molecule has 0 aromatic carbocycles. The summed E-state index contributed by atoms with van der Waals surface area (Å²) in [4.78, 5) is 17.5. The van der Waals surface area contributed by atoms with Crippen LogP contribution in [-0.4, -0.2) is 16.6 Å². The van der Waals surface area contributed by atoms with Crippen LogP contribution in [0, 0.1) is 0 Å². The second-order valence-electron chi connectivity index (χ2n) is 5.34. The molecule has 1 aliphatic carbocycles. The van der Waals surface area contributed by atoms with Crippen LogP contribution in [-0.2, 0) is 16.0 Å². The molecule has 94 valence electrons. The van der Waals surface area contributed by atoms with Gasteiger partial charge in [-0.05, 0) is 40.0 Å². The largest absolute Gasteiger partial charge is 0.459 e. The van der Waals surface area contributed by atoms with Crippen molar-refractivity contribution in [3.63, 3.8) is 0 Å². The maximum absolute atomic E-state index is 12.1. The minimum Gasteiger partial charge on any atom is -0.459 e. The summed E-state index contributed by atoms with van der Waals surface area (Å²) in [5, 5.41) is 0.547. The molecule has 4 nitrogen and oxygen atoms in total. The molecule has 2 rings (SSSR count). The van der Waals surface area contributed by atoms with Crippen molar-refractivity contribution in [3.8, 4) is 0 Å². The lowest BCUT2D eigenvalue weighted by atomic mass is 9.91. The average molecular weight is 254 g/mol. The summed E-state index contributed by atoms with van der Waals surface area (Å²) in [7, 11) is 0. The summed E-state index contributed by atoms with van der Waals surface area (Å²) in [6.45, 7) is 5.64. The molecule has 0 radical (unpaired) electrons. The zero-order valence-corrected chi connectivity index (χ0v) is 11.3. The van der Waals surface area contributed by atoms with Crippen molar-refractivity contribution in [1.82, 2.24) is 4.98 Å². The topological polar surface area (TPSA) is 65.2 Å². The van der Waals surface area contributed by atoms with Gasteiger partial charge in [-0.3, -0.25) is 4.79 Å². The van der Waals surface area contributed by atoms with Crippen molar-refractivity contribution in [2.75, 3.05) is 5.73 Å². The average Bonchev–Trinajstić information content (AvgIpc) is 2.54. The molecule has 1 atom stereocenters. The molecule has 0 aliphatic heterocycles. The van der Waals surface area contributed by atoms with Crippen LogP contribution in [0.15, 0.2) is 0 Å². The molecule has 0 fully saturated rings. The quantitative estimate of drug-likeness (QED) is 0.782. The van der Waals surface area contributed by atoms with Crippen LogP contribution in [0.1, 0.15) is 50.1 Å². The van der Waals surface area contributed by atoms with Gasteiger partial charge in [-0.1, -0.05) is 0 Å². The maximum atomic E-state index is 12.1. The van der Waals surface area contributed by atoms with Crippen LogP contribution in [0.5, 0.6) is 0 Å². The third-order valence-corrected chi connectivity index (χ3v) is 3.62. The number of anilines is 1. The fourth-order valence-corrected chi connectivity index (χ4v) is 2.97. The molecule has 1 heterocycles. The number of ether oxygens (including phenoxy) is 1. The molecule has 0 saturated heterocycles. The molecular weight excluding hydrogens is 236 g/mol. The van der Waals surface area contributed by atoms with E-state index in [0.29, 0.717) is 5.13 Å².